The largest absolute Gasteiger partial charge is 0.355 e. The van der Waals surface area contributed by atoms with Crippen LogP contribution in [0.2, 0.25) is 0 Å². The lowest BCUT2D eigenvalue weighted by atomic mass is 10.3. The molecule has 21 heavy (non-hydrogen) atoms. The van der Waals surface area contributed by atoms with Crippen molar-refractivity contribution in [1.82, 2.24) is 20.6 Å². The first-order chi connectivity index (χ1) is 9.97. The van der Waals surface area contributed by atoms with E-state index in [1.165, 1.54) is 6.92 Å². The number of amides is 2. The molecule has 7 nitrogen and oxygen atoms in total. The van der Waals surface area contributed by atoms with Crippen LogP contribution in [0.15, 0.2) is 6.07 Å². The molecule has 0 spiro atoms. The number of nitrogens with zero attached hydrogens (tertiary/aromatic N) is 2. The average molecular weight is 293 g/mol. The van der Waals surface area contributed by atoms with Gasteiger partial charge in [0.25, 0.3) is 0 Å². The maximum Gasteiger partial charge on any atom is 0.223 e. The maximum absolute atomic E-state index is 11.5. The number of hydrogen-bond donors (Lipinski definition) is 3. The number of anilines is 1. The molecule has 0 radical (unpaired) electrons. The Bertz CT molecular complexity index is 470. The number of nitrogens with one attached hydrogen (secondary N) is 3. The van der Waals surface area contributed by atoms with Crippen LogP contribution in [-0.4, -0.2) is 41.4 Å². The van der Waals surface area contributed by atoms with Crippen LogP contribution in [0.3, 0.4) is 0 Å². The lowest BCUT2D eigenvalue weighted by Crippen LogP contribution is -2.33. The van der Waals surface area contributed by atoms with Crippen molar-refractivity contribution < 1.29 is 9.59 Å². The van der Waals surface area contributed by atoms with E-state index in [2.05, 4.69) is 25.9 Å². The van der Waals surface area contributed by atoms with Gasteiger partial charge in [0.15, 0.2) is 0 Å². The van der Waals surface area contributed by atoms with Gasteiger partial charge >= 0.3 is 0 Å². The molecular weight excluding hydrogens is 270 g/mol. The first kappa shape index (κ1) is 16.9. The number of aryl methyl sites for hydroxylation is 2. The van der Waals surface area contributed by atoms with E-state index in [0.29, 0.717) is 38.4 Å². The van der Waals surface area contributed by atoms with Crippen LogP contribution in [0.25, 0.3) is 0 Å². The Morgan fingerprint density at radius 2 is 1.67 bits per heavy atom. The molecule has 0 saturated carbocycles. The second-order valence-electron chi connectivity index (χ2n) is 4.84. The molecule has 1 heterocycles. The highest BCUT2D eigenvalue weighted by Crippen LogP contribution is 2.03. The van der Waals surface area contributed by atoms with E-state index >= 15 is 0 Å². The Kier molecular flexibility index (Phi) is 7.14. The maximum atomic E-state index is 11.5. The smallest absolute Gasteiger partial charge is 0.223 e. The predicted octanol–water partition coefficient (Wildman–Crippen LogP) is 0.538. The van der Waals surface area contributed by atoms with Gasteiger partial charge in [0.1, 0.15) is 0 Å². The minimum Gasteiger partial charge on any atom is -0.355 e. The summed E-state index contributed by atoms with van der Waals surface area (Å²) in [7, 11) is 0. The number of aromatic nitrogens is 2. The summed E-state index contributed by atoms with van der Waals surface area (Å²) < 4.78 is 0. The lowest BCUT2D eigenvalue weighted by molar-refractivity contribution is -0.122. The van der Waals surface area contributed by atoms with Crippen molar-refractivity contribution in [3.8, 4) is 0 Å². The zero-order valence-electron chi connectivity index (χ0n) is 12.8. The van der Waals surface area contributed by atoms with Gasteiger partial charge in [0.2, 0.25) is 17.8 Å². The zero-order valence-corrected chi connectivity index (χ0v) is 12.8. The summed E-state index contributed by atoms with van der Waals surface area (Å²) in [6.45, 7) is 6.83. The van der Waals surface area contributed by atoms with Gasteiger partial charge < -0.3 is 16.0 Å². The minimum atomic E-state index is -0.0955. The molecule has 0 bridgehead atoms. The molecule has 1 rings (SSSR count). The Hall–Kier alpha value is -2.18. The van der Waals surface area contributed by atoms with Crippen molar-refractivity contribution in [1.29, 1.82) is 0 Å². The van der Waals surface area contributed by atoms with Crippen LogP contribution in [0, 0.1) is 13.8 Å². The van der Waals surface area contributed by atoms with E-state index in [1.807, 2.05) is 19.9 Å². The van der Waals surface area contributed by atoms with Gasteiger partial charge in [-0.05, 0) is 26.3 Å². The Morgan fingerprint density at radius 1 is 1.05 bits per heavy atom. The van der Waals surface area contributed by atoms with Crippen molar-refractivity contribution in [3.05, 3.63) is 17.5 Å². The monoisotopic (exact) mass is 293 g/mol. The molecule has 0 aliphatic heterocycles. The molecule has 116 valence electrons. The van der Waals surface area contributed by atoms with Gasteiger partial charge in [0.05, 0.1) is 0 Å². The summed E-state index contributed by atoms with van der Waals surface area (Å²) in [5, 5.41) is 8.46. The summed E-state index contributed by atoms with van der Waals surface area (Å²) in [4.78, 5) is 30.7. The molecular formula is C14H23N5O2. The van der Waals surface area contributed by atoms with E-state index in [1.54, 1.807) is 0 Å². The Labute approximate surface area is 124 Å². The van der Waals surface area contributed by atoms with Crippen molar-refractivity contribution in [3.63, 3.8) is 0 Å². The first-order valence-electron chi connectivity index (χ1n) is 7.04. The molecule has 0 fully saturated rings. The minimum absolute atomic E-state index is 0.0245. The molecule has 1 aromatic rings. The Balaban J connectivity index is 2.13. The fourth-order valence-electron chi connectivity index (χ4n) is 1.78. The molecule has 0 aliphatic rings. The molecule has 1 aromatic heterocycles. The summed E-state index contributed by atoms with van der Waals surface area (Å²) in [5.74, 6) is 0.476. The van der Waals surface area contributed by atoms with Crippen LogP contribution >= 0.6 is 0 Å². The summed E-state index contributed by atoms with van der Waals surface area (Å²) in [5.41, 5.74) is 1.83. The fourth-order valence-corrected chi connectivity index (χ4v) is 1.78. The molecule has 0 atom stereocenters. The van der Waals surface area contributed by atoms with Crippen LogP contribution in [0.1, 0.15) is 31.2 Å². The van der Waals surface area contributed by atoms with Crippen molar-refractivity contribution >= 4 is 17.8 Å². The van der Waals surface area contributed by atoms with Crippen LogP contribution in [0.4, 0.5) is 5.95 Å². The molecule has 7 heteroatoms. The van der Waals surface area contributed by atoms with Gasteiger partial charge in [-0.3, -0.25) is 9.59 Å². The quantitative estimate of drug-likeness (QED) is 0.608. The SMILES string of the molecule is CC(=O)NCCNC(=O)CCCNc1nc(C)cc(C)n1. The van der Waals surface area contributed by atoms with Crippen LogP contribution in [-0.2, 0) is 9.59 Å². The fraction of sp³-hybridized carbons (Fsp3) is 0.571. The topological polar surface area (TPSA) is 96.0 Å². The lowest BCUT2D eigenvalue weighted by Gasteiger charge is -2.07. The third-order valence-electron chi connectivity index (χ3n) is 2.67. The second-order valence-corrected chi connectivity index (χ2v) is 4.84. The normalized spacial score (nSPS) is 10.0. The summed E-state index contributed by atoms with van der Waals surface area (Å²) in [6.07, 6.45) is 1.13. The first-order valence-corrected chi connectivity index (χ1v) is 7.04. The number of hydrogen-bond acceptors (Lipinski definition) is 5. The van der Waals surface area contributed by atoms with E-state index < -0.39 is 0 Å². The molecule has 2 amide bonds. The molecule has 3 N–H and O–H groups in total. The van der Waals surface area contributed by atoms with E-state index in [9.17, 15) is 9.59 Å². The number of rotatable bonds is 8. The molecule has 0 aromatic carbocycles. The molecule has 0 aliphatic carbocycles. The highest BCUT2D eigenvalue weighted by Gasteiger charge is 2.02. The standard InChI is InChI=1S/C14H23N5O2/c1-10-9-11(2)19-14(18-10)17-6-4-5-13(21)16-8-7-15-12(3)20/h9H,4-8H2,1-3H3,(H,15,20)(H,16,21)(H,17,18,19). The molecule has 0 saturated heterocycles. The van der Waals surface area contributed by atoms with Gasteiger partial charge in [-0.2, -0.15) is 0 Å². The summed E-state index contributed by atoms with van der Waals surface area (Å²) >= 11 is 0. The molecule has 0 unspecified atom stereocenters. The van der Waals surface area contributed by atoms with E-state index in [-0.39, 0.29) is 11.8 Å². The van der Waals surface area contributed by atoms with Crippen molar-refractivity contribution in [2.24, 2.45) is 0 Å². The zero-order chi connectivity index (χ0) is 15.7. The highest BCUT2D eigenvalue weighted by molar-refractivity contribution is 5.76. The number of carbonyl (C=O) groups excluding carboxylic acids is 2. The van der Waals surface area contributed by atoms with E-state index in [0.717, 1.165) is 11.4 Å². The van der Waals surface area contributed by atoms with Crippen molar-refractivity contribution in [2.75, 3.05) is 25.0 Å². The highest BCUT2D eigenvalue weighted by atomic mass is 16.2. The van der Waals surface area contributed by atoms with E-state index in [4.69, 9.17) is 0 Å². The summed E-state index contributed by atoms with van der Waals surface area (Å²) in [6, 6.07) is 1.91. The predicted molar refractivity (Wildman–Crippen MR) is 80.9 cm³/mol. The van der Waals surface area contributed by atoms with Crippen LogP contribution in [0.5, 0.6) is 0 Å². The van der Waals surface area contributed by atoms with Crippen molar-refractivity contribution in [2.45, 2.75) is 33.6 Å². The third kappa shape index (κ3) is 7.86. The van der Waals surface area contributed by atoms with Gasteiger partial charge in [-0.25, -0.2) is 9.97 Å². The third-order valence-corrected chi connectivity index (χ3v) is 2.67. The van der Waals surface area contributed by atoms with Gasteiger partial charge in [-0.15, -0.1) is 0 Å². The number of carbonyl (C=O) groups is 2. The van der Waals surface area contributed by atoms with Crippen LogP contribution < -0.4 is 16.0 Å². The average Bonchev–Trinajstić information content (AvgIpc) is 2.38. The Morgan fingerprint density at radius 3 is 2.29 bits per heavy atom. The second kappa shape index (κ2) is 8.89. The van der Waals surface area contributed by atoms with Gasteiger partial charge in [-0.1, -0.05) is 0 Å². The van der Waals surface area contributed by atoms with Gasteiger partial charge in [0, 0.05) is 44.4 Å².